The molecule has 1 amide bonds. The Morgan fingerprint density at radius 2 is 1.89 bits per heavy atom. The average molecular weight is 498 g/mol. The minimum absolute atomic E-state index is 0.142. The smallest absolute Gasteiger partial charge is 0.238 e. The number of amides is 1. The van der Waals surface area contributed by atoms with Crippen molar-refractivity contribution in [2.75, 3.05) is 37.8 Å². The lowest BCUT2D eigenvalue weighted by atomic mass is 9.97. The molecule has 2 heterocycles. The van der Waals surface area contributed by atoms with E-state index in [4.69, 9.17) is 4.74 Å². The van der Waals surface area contributed by atoms with Crippen molar-refractivity contribution in [1.82, 2.24) is 15.1 Å². The van der Waals surface area contributed by atoms with Gasteiger partial charge in [0.1, 0.15) is 18.6 Å². The maximum absolute atomic E-state index is 15.1. The Bertz CT molecular complexity index is 993. The van der Waals surface area contributed by atoms with Crippen LogP contribution >= 0.6 is 0 Å². The third kappa shape index (κ3) is 5.69. The molecule has 8 heteroatoms. The van der Waals surface area contributed by atoms with Gasteiger partial charge in [-0.15, -0.1) is 0 Å². The first-order chi connectivity index (χ1) is 17.2. The minimum Gasteiger partial charge on any atom is -0.369 e. The number of fused-ring (bicyclic) bond motifs is 2. The molecule has 5 rings (SSSR count). The van der Waals surface area contributed by atoms with Crippen LogP contribution in [0.25, 0.3) is 0 Å². The quantitative estimate of drug-likeness (QED) is 0.594. The molecule has 7 nitrogen and oxygen atoms in total. The van der Waals surface area contributed by atoms with Crippen LogP contribution in [0.3, 0.4) is 0 Å². The fourth-order valence-corrected chi connectivity index (χ4v) is 6.19. The van der Waals surface area contributed by atoms with Gasteiger partial charge in [0.15, 0.2) is 0 Å². The van der Waals surface area contributed by atoms with E-state index in [1.165, 1.54) is 12.8 Å². The second-order valence-corrected chi connectivity index (χ2v) is 12.0. The number of likely N-dealkylation sites (tertiary alicyclic amines) is 1. The highest BCUT2D eigenvalue weighted by Crippen LogP contribution is 2.42. The highest BCUT2D eigenvalue weighted by atomic mass is 19.1. The third-order valence-electron chi connectivity index (χ3n) is 8.31. The molecule has 0 spiro atoms. The SMILES string of the molecule is CC(C)(C)OCN1[C@@H]2CC[C@@H](C2)[C@H]1C(=O)N[C@H](C#N)Cc1ccc(N2CCN(C3CC3)CC2)cc1F. The van der Waals surface area contributed by atoms with Crippen LogP contribution in [0.5, 0.6) is 0 Å². The lowest BCUT2D eigenvalue weighted by Gasteiger charge is -2.36. The molecule has 0 radical (unpaired) electrons. The fourth-order valence-electron chi connectivity index (χ4n) is 6.19. The van der Waals surface area contributed by atoms with Gasteiger partial charge in [0.25, 0.3) is 0 Å². The summed E-state index contributed by atoms with van der Waals surface area (Å²) in [5.74, 6) is -0.169. The van der Waals surface area contributed by atoms with Crippen LogP contribution in [0.4, 0.5) is 10.1 Å². The van der Waals surface area contributed by atoms with Crippen LogP contribution < -0.4 is 10.2 Å². The van der Waals surface area contributed by atoms with Crippen molar-refractivity contribution in [3.05, 3.63) is 29.6 Å². The number of nitriles is 1. The van der Waals surface area contributed by atoms with Crippen molar-refractivity contribution < 1.29 is 13.9 Å². The second kappa shape index (κ2) is 10.3. The molecule has 2 bridgehead atoms. The summed E-state index contributed by atoms with van der Waals surface area (Å²) in [7, 11) is 0. The van der Waals surface area contributed by atoms with Crippen molar-refractivity contribution in [2.24, 2.45) is 5.92 Å². The zero-order valence-electron chi connectivity index (χ0n) is 21.9. The Hall–Kier alpha value is -2.21. The van der Waals surface area contributed by atoms with Crippen LogP contribution in [-0.4, -0.2) is 78.4 Å². The van der Waals surface area contributed by atoms with Gasteiger partial charge in [-0.05, 0) is 76.5 Å². The zero-order valence-corrected chi connectivity index (χ0v) is 21.9. The fraction of sp³-hybridized carbons (Fsp3) is 0.714. The van der Waals surface area contributed by atoms with Gasteiger partial charge in [0, 0.05) is 50.4 Å². The largest absolute Gasteiger partial charge is 0.369 e. The Labute approximate surface area is 214 Å². The molecule has 196 valence electrons. The van der Waals surface area contributed by atoms with Gasteiger partial charge >= 0.3 is 0 Å². The number of anilines is 1. The number of nitrogens with zero attached hydrogens (tertiary/aromatic N) is 4. The maximum Gasteiger partial charge on any atom is 0.238 e. The average Bonchev–Trinajstić information content (AvgIpc) is 3.50. The Morgan fingerprint density at radius 3 is 2.53 bits per heavy atom. The summed E-state index contributed by atoms with van der Waals surface area (Å²) in [5, 5.41) is 12.7. The molecule has 0 aromatic heterocycles. The number of nitrogens with one attached hydrogen (secondary N) is 1. The number of piperidine rings is 1. The predicted molar refractivity (Wildman–Crippen MR) is 137 cm³/mol. The first-order valence-corrected chi connectivity index (χ1v) is 13.6. The van der Waals surface area contributed by atoms with Crippen LogP contribution in [-0.2, 0) is 16.0 Å². The summed E-state index contributed by atoms with van der Waals surface area (Å²) in [5.41, 5.74) is 1.07. The number of halogens is 1. The van der Waals surface area contributed by atoms with Gasteiger partial charge in [0.2, 0.25) is 5.91 Å². The number of hydrogen-bond acceptors (Lipinski definition) is 6. The summed E-state index contributed by atoms with van der Waals surface area (Å²) >= 11 is 0. The van der Waals surface area contributed by atoms with Crippen molar-refractivity contribution in [1.29, 1.82) is 5.26 Å². The molecular formula is C28H40FN5O2. The van der Waals surface area contributed by atoms with Crippen LogP contribution in [0, 0.1) is 23.1 Å². The number of piperazine rings is 1. The number of rotatable bonds is 8. The molecule has 4 aliphatic rings. The van der Waals surface area contributed by atoms with Crippen molar-refractivity contribution in [3.8, 4) is 6.07 Å². The molecule has 2 saturated heterocycles. The lowest BCUT2D eigenvalue weighted by molar-refractivity contribution is -0.136. The van der Waals surface area contributed by atoms with Gasteiger partial charge in [-0.3, -0.25) is 14.6 Å². The summed E-state index contributed by atoms with van der Waals surface area (Å²) in [4.78, 5) is 20.2. The minimum atomic E-state index is -0.774. The molecule has 1 N–H and O–H groups in total. The molecule has 2 saturated carbocycles. The van der Waals surface area contributed by atoms with Crippen LogP contribution in [0.15, 0.2) is 18.2 Å². The molecule has 4 fully saturated rings. The van der Waals surface area contributed by atoms with Crippen LogP contribution in [0.1, 0.15) is 58.4 Å². The normalized spacial score (nSPS) is 27.8. The van der Waals surface area contributed by atoms with E-state index in [1.54, 1.807) is 12.1 Å². The van der Waals surface area contributed by atoms with Crippen molar-refractivity contribution >= 4 is 11.6 Å². The number of carbonyl (C=O) groups excluding carboxylic acids is 1. The molecule has 2 aliphatic carbocycles. The number of benzene rings is 1. The topological polar surface area (TPSA) is 71.8 Å². The van der Waals surface area contributed by atoms with E-state index in [1.807, 2.05) is 26.8 Å². The number of ether oxygens (including phenoxy) is 1. The molecule has 1 aromatic carbocycles. The van der Waals surface area contributed by atoms with E-state index < -0.39 is 6.04 Å². The summed E-state index contributed by atoms with van der Waals surface area (Å²) in [6.07, 6.45) is 5.88. The van der Waals surface area contributed by atoms with E-state index in [2.05, 4.69) is 26.1 Å². The van der Waals surface area contributed by atoms with E-state index in [0.29, 0.717) is 18.3 Å². The lowest BCUT2D eigenvalue weighted by Crippen LogP contribution is -2.53. The molecule has 0 unspecified atom stereocenters. The summed E-state index contributed by atoms with van der Waals surface area (Å²) in [6.45, 7) is 10.3. The molecule has 4 atom stereocenters. The van der Waals surface area contributed by atoms with Gasteiger partial charge < -0.3 is 15.0 Å². The maximum atomic E-state index is 15.1. The first kappa shape index (κ1) is 25.4. The number of carbonyl (C=O) groups is 1. The highest BCUT2D eigenvalue weighted by molar-refractivity contribution is 5.83. The van der Waals surface area contributed by atoms with Crippen LogP contribution in [0.2, 0.25) is 0 Å². The second-order valence-electron chi connectivity index (χ2n) is 12.0. The number of hydrogen-bond donors (Lipinski definition) is 1. The van der Waals surface area contributed by atoms with E-state index >= 15 is 4.39 Å². The van der Waals surface area contributed by atoms with E-state index in [-0.39, 0.29) is 35.7 Å². The summed E-state index contributed by atoms with van der Waals surface area (Å²) in [6, 6.07) is 7.54. The van der Waals surface area contributed by atoms with Gasteiger partial charge in [-0.2, -0.15) is 5.26 Å². The first-order valence-electron chi connectivity index (χ1n) is 13.6. The molecule has 2 aliphatic heterocycles. The van der Waals surface area contributed by atoms with E-state index in [0.717, 1.165) is 57.2 Å². The Balaban J connectivity index is 1.18. The van der Waals surface area contributed by atoms with Gasteiger partial charge in [0.05, 0.1) is 17.7 Å². The highest BCUT2D eigenvalue weighted by Gasteiger charge is 2.49. The summed E-state index contributed by atoms with van der Waals surface area (Å²) < 4.78 is 21.1. The van der Waals surface area contributed by atoms with Crippen molar-refractivity contribution in [3.63, 3.8) is 0 Å². The Kier molecular flexibility index (Phi) is 7.26. The third-order valence-corrected chi connectivity index (χ3v) is 8.31. The van der Waals surface area contributed by atoms with Gasteiger partial charge in [-0.1, -0.05) is 6.07 Å². The molecule has 1 aromatic rings. The predicted octanol–water partition coefficient (Wildman–Crippen LogP) is 3.29. The zero-order chi connectivity index (χ0) is 25.4. The Morgan fingerprint density at radius 1 is 1.17 bits per heavy atom. The monoisotopic (exact) mass is 497 g/mol. The molecule has 36 heavy (non-hydrogen) atoms. The standard InChI is InChI=1S/C28H40FN5O2/c1-28(2,3)36-18-34-24-7-5-20(15-24)26(34)27(35)31-21(17-30)14-19-4-6-23(16-25(19)29)33-12-10-32(11-13-33)22-8-9-22/h4,6,16,20-22,24,26H,5,7-15,18H2,1-3H3,(H,31,35)/t20-,21-,24+,26-/m0/s1. The van der Waals surface area contributed by atoms with Crippen molar-refractivity contribution in [2.45, 2.75) is 89.1 Å². The molecular weight excluding hydrogens is 457 g/mol. The van der Waals surface area contributed by atoms with Gasteiger partial charge in [-0.25, -0.2) is 4.39 Å². The van der Waals surface area contributed by atoms with E-state index in [9.17, 15) is 10.1 Å².